The summed E-state index contributed by atoms with van der Waals surface area (Å²) in [5.74, 6) is -0.730. The summed E-state index contributed by atoms with van der Waals surface area (Å²) in [6.07, 6.45) is 0. The van der Waals surface area contributed by atoms with E-state index in [1.807, 2.05) is 18.2 Å². The minimum absolute atomic E-state index is 0.243. The van der Waals surface area contributed by atoms with Crippen LogP contribution < -0.4 is 16.0 Å². The second-order valence-corrected chi connectivity index (χ2v) is 8.86. The van der Waals surface area contributed by atoms with E-state index in [4.69, 9.17) is 0 Å². The van der Waals surface area contributed by atoms with Crippen molar-refractivity contribution in [3.05, 3.63) is 142 Å². The van der Waals surface area contributed by atoms with Crippen LogP contribution in [0.2, 0.25) is 0 Å². The fraction of sp³-hybridized carbons (Fsp3) is 0.200. The van der Waals surface area contributed by atoms with E-state index in [9.17, 15) is 13.2 Å². The molecule has 0 heterocycles. The predicted molar refractivity (Wildman–Crippen MR) is 137 cm³/mol. The van der Waals surface area contributed by atoms with Gasteiger partial charge in [-0.2, -0.15) is 0 Å². The Morgan fingerprint density at radius 3 is 0.917 bits per heavy atom. The highest BCUT2D eigenvalue weighted by Crippen LogP contribution is 2.13. The van der Waals surface area contributed by atoms with Crippen LogP contribution in [0.25, 0.3) is 0 Å². The van der Waals surface area contributed by atoms with Crippen molar-refractivity contribution in [2.24, 2.45) is 0 Å². The monoisotopic (exact) mass is 489 g/mol. The van der Waals surface area contributed by atoms with E-state index in [2.05, 4.69) is 34.1 Å². The van der Waals surface area contributed by atoms with Gasteiger partial charge in [0.15, 0.2) is 0 Å². The van der Waals surface area contributed by atoms with Crippen LogP contribution in [-0.4, -0.2) is 0 Å². The molecule has 186 valence electrons. The van der Waals surface area contributed by atoms with Crippen molar-refractivity contribution in [1.82, 2.24) is 16.0 Å². The van der Waals surface area contributed by atoms with E-state index in [1.54, 1.807) is 18.2 Å². The van der Waals surface area contributed by atoms with Crippen molar-refractivity contribution < 1.29 is 13.2 Å². The van der Waals surface area contributed by atoms with Gasteiger partial charge < -0.3 is 16.0 Å². The number of rotatable bonds is 12. The van der Waals surface area contributed by atoms with Crippen molar-refractivity contribution in [3.8, 4) is 0 Å². The summed E-state index contributed by atoms with van der Waals surface area (Å²) in [6, 6.07) is 26.1. The quantitative estimate of drug-likeness (QED) is 0.229. The molecule has 36 heavy (non-hydrogen) atoms. The third-order valence-corrected chi connectivity index (χ3v) is 5.75. The molecule has 0 fully saturated rings. The molecule has 0 saturated carbocycles. The number of hydrogen-bond acceptors (Lipinski definition) is 3. The minimum Gasteiger partial charge on any atom is -0.309 e. The van der Waals surface area contributed by atoms with Gasteiger partial charge in [-0.05, 0) is 69.8 Å². The fourth-order valence-electron chi connectivity index (χ4n) is 4.14. The molecule has 0 aromatic heterocycles. The Bertz CT molecular complexity index is 1110. The summed E-state index contributed by atoms with van der Waals surface area (Å²) in [6.45, 7) is 3.58. The lowest BCUT2D eigenvalue weighted by atomic mass is 10.0. The number of benzene rings is 4. The molecular weight excluding hydrogens is 459 g/mol. The van der Waals surface area contributed by atoms with Gasteiger partial charge in [-0.15, -0.1) is 0 Å². The minimum atomic E-state index is -0.243. The molecule has 0 radical (unpaired) electrons. The maximum absolute atomic E-state index is 13.5. The Balaban J connectivity index is 1.39. The van der Waals surface area contributed by atoms with Gasteiger partial charge in [0.25, 0.3) is 0 Å². The molecule has 0 amide bonds. The Hall–Kier alpha value is -3.45. The van der Waals surface area contributed by atoms with Crippen LogP contribution in [0.3, 0.4) is 0 Å². The van der Waals surface area contributed by atoms with Crippen LogP contribution in [0.15, 0.2) is 91.0 Å². The smallest absolute Gasteiger partial charge is 0.123 e. The Kier molecular flexibility index (Phi) is 9.27. The Morgan fingerprint density at radius 2 is 0.639 bits per heavy atom. The first kappa shape index (κ1) is 25.6. The van der Waals surface area contributed by atoms with E-state index in [-0.39, 0.29) is 17.5 Å². The summed E-state index contributed by atoms with van der Waals surface area (Å²) < 4.78 is 40.4. The average Bonchev–Trinajstić information content (AvgIpc) is 2.84. The van der Waals surface area contributed by atoms with Crippen LogP contribution in [0.5, 0.6) is 0 Å². The first-order valence-electron chi connectivity index (χ1n) is 12.0. The van der Waals surface area contributed by atoms with Crippen LogP contribution in [0.1, 0.15) is 33.4 Å². The lowest BCUT2D eigenvalue weighted by Crippen LogP contribution is -2.17. The maximum Gasteiger partial charge on any atom is 0.123 e. The van der Waals surface area contributed by atoms with Gasteiger partial charge in [-0.3, -0.25) is 0 Å². The van der Waals surface area contributed by atoms with E-state index >= 15 is 0 Å². The highest BCUT2D eigenvalue weighted by Gasteiger charge is 2.05. The zero-order valence-corrected chi connectivity index (χ0v) is 20.0. The molecule has 0 unspecified atom stereocenters. The van der Waals surface area contributed by atoms with E-state index in [0.29, 0.717) is 39.3 Å². The van der Waals surface area contributed by atoms with Crippen molar-refractivity contribution in [2.45, 2.75) is 39.3 Å². The maximum atomic E-state index is 13.5. The molecule has 4 rings (SSSR count). The zero-order valence-electron chi connectivity index (χ0n) is 20.0. The number of halogens is 3. The highest BCUT2D eigenvalue weighted by atomic mass is 19.1. The van der Waals surface area contributed by atoms with E-state index in [0.717, 1.165) is 33.4 Å². The van der Waals surface area contributed by atoms with Crippen LogP contribution >= 0.6 is 0 Å². The summed E-state index contributed by atoms with van der Waals surface area (Å²) >= 11 is 0. The number of hydrogen-bond donors (Lipinski definition) is 3. The lowest BCUT2D eigenvalue weighted by molar-refractivity contribution is 0.619. The third-order valence-electron chi connectivity index (χ3n) is 5.75. The third kappa shape index (κ3) is 8.34. The standard InChI is InChI=1S/C30H30F3N3/c31-28-7-1-4-22(13-28)16-34-19-25-10-26(20-35-17-23-5-2-8-29(32)14-23)12-27(11-25)21-36-18-24-6-3-9-30(33)15-24/h1-15,34-36H,16-21H2. The fourth-order valence-corrected chi connectivity index (χ4v) is 4.14. The van der Waals surface area contributed by atoms with E-state index < -0.39 is 0 Å². The molecule has 0 saturated heterocycles. The molecule has 4 aromatic rings. The second-order valence-electron chi connectivity index (χ2n) is 8.86. The molecule has 0 spiro atoms. The van der Waals surface area contributed by atoms with Crippen molar-refractivity contribution in [3.63, 3.8) is 0 Å². The molecule has 3 N–H and O–H groups in total. The summed E-state index contributed by atoms with van der Waals surface area (Å²) in [5, 5.41) is 10.2. The van der Waals surface area contributed by atoms with Crippen LogP contribution in [0.4, 0.5) is 13.2 Å². The highest BCUT2D eigenvalue weighted by molar-refractivity contribution is 5.31. The van der Waals surface area contributed by atoms with Crippen LogP contribution in [0, 0.1) is 17.5 Å². The molecule has 0 aliphatic heterocycles. The first-order chi connectivity index (χ1) is 17.5. The Morgan fingerprint density at radius 1 is 0.361 bits per heavy atom. The largest absolute Gasteiger partial charge is 0.309 e. The number of nitrogens with one attached hydrogen (secondary N) is 3. The normalized spacial score (nSPS) is 11.1. The van der Waals surface area contributed by atoms with Gasteiger partial charge in [-0.25, -0.2) is 13.2 Å². The summed E-state index contributed by atoms with van der Waals surface area (Å²) in [5.41, 5.74) is 6.00. The van der Waals surface area contributed by atoms with Gasteiger partial charge >= 0.3 is 0 Å². The predicted octanol–water partition coefficient (Wildman–Crippen LogP) is 5.97. The molecule has 0 aliphatic carbocycles. The van der Waals surface area contributed by atoms with Gasteiger partial charge in [0.2, 0.25) is 0 Å². The van der Waals surface area contributed by atoms with Crippen molar-refractivity contribution in [2.75, 3.05) is 0 Å². The molecule has 0 atom stereocenters. The molecule has 0 bridgehead atoms. The SMILES string of the molecule is Fc1cccc(CNCc2cc(CNCc3cccc(F)c3)cc(CNCc3cccc(F)c3)c2)c1. The molecule has 6 heteroatoms. The zero-order chi connectivity index (χ0) is 25.2. The lowest BCUT2D eigenvalue weighted by Gasteiger charge is -2.13. The summed E-state index contributed by atoms with van der Waals surface area (Å²) in [4.78, 5) is 0. The van der Waals surface area contributed by atoms with Crippen molar-refractivity contribution in [1.29, 1.82) is 0 Å². The molecule has 3 nitrogen and oxygen atoms in total. The van der Waals surface area contributed by atoms with Crippen LogP contribution in [-0.2, 0) is 39.3 Å². The molecule has 4 aromatic carbocycles. The average molecular weight is 490 g/mol. The Labute approximate surface area is 210 Å². The van der Waals surface area contributed by atoms with Gasteiger partial charge in [-0.1, -0.05) is 54.6 Å². The molecule has 0 aliphatic rings. The van der Waals surface area contributed by atoms with Gasteiger partial charge in [0.1, 0.15) is 17.5 Å². The first-order valence-corrected chi connectivity index (χ1v) is 12.0. The topological polar surface area (TPSA) is 36.1 Å². The van der Waals surface area contributed by atoms with E-state index in [1.165, 1.54) is 36.4 Å². The van der Waals surface area contributed by atoms with Gasteiger partial charge in [0, 0.05) is 39.3 Å². The van der Waals surface area contributed by atoms with Gasteiger partial charge in [0.05, 0.1) is 0 Å². The van der Waals surface area contributed by atoms with Crippen molar-refractivity contribution >= 4 is 0 Å². The second kappa shape index (κ2) is 13.0. The summed E-state index contributed by atoms with van der Waals surface area (Å²) in [7, 11) is 0. The molecular formula is C30H30F3N3.